The summed E-state index contributed by atoms with van der Waals surface area (Å²) in [4.78, 5) is 40.7. The Bertz CT molecular complexity index is 10300. The lowest BCUT2D eigenvalue weighted by atomic mass is 9.81. The highest BCUT2D eigenvalue weighted by molar-refractivity contribution is 6.27. The van der Waals surface area contributed by atoms with Crippen LogP contribution in [-0.4, -0.2) is 53.6 Å². The second-order valence-electron chi connectivity index (χ2n) is 37.6. The van der Waals surface area contributed by atoms with Gasteiger partial charge >= 0.3 is 0 Å². The van der Waals surface area contributed by atoms with Crippen molar-refractivity contribution < 1.29 is 0 Å². The molecule has 0 saturated heterocycles. The number of fused-ring (bicyclic) bond motifs is 25. The van der Waals surface area contributed by atoms with Gasteiger partial charge in [0.2, 0.25) is 17.8 Å². The molecule has 1 aliphatic carbocycles. The van der Waals surface area contributed by atoms with Crippen molar-refractivity contribution in [3.05, 3.63) is 478 Å². The molecule has 0 N–H and O–H groups in total. The summed E-state index contributed by atoms with van der Waals surface area (Å²) in [6.07, 6.45) is 3.39. The summed E-state index contributed by atoms with van der Waals surface area (Å²) in [6.45, 7) is 4.69. The summed E-state index contributed by atoms with van der Waals surface area (Å²) in [5, 5.41) is 26.3. The van der Waals surface area contributed by atoms with Gasteiger partial charge in [-0.2, -0.15) is 4.98 Å². The minimum absolute atomic E-state index is 0.0507. The molecule has 0 spiro atoms. The molecule has 29 aromatic rings. The van der Waals surface area contributed by atoms with E-state index in [0.717, 1.165) is 110 Å². The van der Waals surface area contributed by atoms with Gasteiger partial charge in [-0.1, -0.05) is 378 Å². The maximum Gasteiger partial charge on any atom is 0.237 e. The normalized spacial score (nSPS) is 12.4. The molecule has 30 rings (SSSR count). The van der Waals surface area contributed by atoms with Crippen LogP contribution in [0.5, 0.6) is 0 Å². The molecule has 7 aromatic heterocycles. The lowest BCUT2D eigenvalue weighted by molar-refractivity contribution is 0.660. The van der Waals surface area contributed by atoms with Crippen molar-refractivity contribution in [3.8, 4) is 96.1 Å². The molecule has 22 aromatic carbocycles. The lowest BCUT2D eigenvalue weighted by Crippen LogP contribution is -2.14. The molecule has 0 bridgehead atoms. The SMILES string of the molecule is CC1(C)c2ccccc2-c2ccc(-c3ccc4c(c3)c3cc5ccccc5cc3n4-c3nc(-c4ccccc4)c4ccccc4n3)cc21.c1ccc(-c2cccc3c2c2cc4ccccc4cc2n3-c2nc(-c3ccc4ccccc4c3)c3nccnc3n2)cc1.c1ccc(-c2nc(-n3c4cc(-c5ccc6c7ccccc7c7ccccc7c6c5)ccc4c4cc5ccccc5cc43)nc3ccccc23)cc1. The van der Waals surface area contributed by atoms with E-state index in [9.17, 15) is 0 Å². The number of aromatic nitrogens is 11. The first-order chi connectivity index (χ1) is 70.1. The van der Waals surface area contributed by atoms with Crippen LogP contribution in [0.25, 0.3) is 270 Å². The zero-order valence-electron chi connectivity index (χ0n) is 77.4. The van der Waals surface area contributed by atoms with Crippen molar-refractivity contribution in [2.75, 3.05) is 0 Å². The van der Waals surface area contributed by atoms with Gasteiger partial charge in [-0.25, -0.2) is 34.9 Å². The molecule has 11 heteroatoms. The van der Waals surface area contributed by atoms with Crippen LogP contribution in [0.15, 0.2) is 467 Å². The average molecular weight is 1810 g/mol. The molecule has 0 aliphatic heterocycles. The number of hydrogen-bond donors (Lipinski definition) is 0. The second-order valence-corrected chi connectivity index (χ2v) is 37.6. The van der Waals surface area contributed by atoms with Crippen LogP contribution in [0.2, 0.25) is 0 Å². The quantitative estimate of drug-likeness (QED) is 0.131. The fourth-order valence-electron chi connectivity index (χ4n) is 22.4. The standard InChI is InChI=1S/C48H29N3.C45H31N3.C38H23N5/c1-2-12-30(13-3-1)47-41-20-10-11-21-44(41)49-48(50-47)51-45-29-34(23-25-40(45)43-27-31-14-4-5-15-32(31)28-46(43)51)33-22-24-39-37-18-7-6-16-35(37)36-17-8-9-19-38(36)42(39)26-33;1-45(2)38-18-10-8-16-33(38)34-22-20-32(26-39(34)45)31-21-23-41-36(25-31)37-24-29-14-6-7-15-30(29)27-42(37)48(41)44-46-40-19-11-9-17-35(40)43(47-44)28-12-4-3-5-13-28;1-2-10-25(11-3-1)30-15-8-16-32-34(30)31-22-27-13-6-7-14-28(27)23-33(31)43(32)38-41-35(36-37(42-38)40-20-19-39-36)29-18-17-24-9-4-5-12-26(24)21-29/h1-29H;3-27H,1-2H3;1-23H. The summed E-state index contributed by atoms with van der Waals surface area (Å²) in [6, 6.07) is 163. The molecule has 7 heterocycles. The molecular formula is C131H83N11. The van der Waals surface area contributed by atoms with Gasteiger partial charge in [-0.3, -0.25) is 13.7 Å². The van der Waals surface area contributed by atoms with Crippen LogP contribution >= 0.6 is 0 Å². The van der Waals surface area contributed by atoms with E-state index in [4.69, 9.17) is 29.9 Å². The topological polar surface area (TPSA) is 118 Å². The van der Waals surface area contributed by atoms with Crippen molar-refractivity contribution in [2.24, 2.45) is 0 Å². The van der Waals surface area contributed by atoms with Crippen LogP contribution in [0.4, 0.5) is 0 Å². The van der Waals surface area contributed by atoms with E-state index in [2.05, 4.69) is 480 Å². The van der Waals surface area contributed by atoms with Crippen molar-refractivity contribution in [3.63, 3.8) is 0 Å². The number of benzene rings is 22. The molecular weight excluding hydrogens is 1730 g/mol. The number of hydrogen-bond acceptors (Lipinski definition) is 8. The van der Waals surface area contributed by atoms with Gasteiger partial charge in [0.25, 0.3) is 0 Å². The number of para-hydroxylation sites is 2. The van der Waals surface area contributed by atoms with Gasteiger partial charge in [-0.05, 0) is 222 Å². The van der Waals surface area contributed by atoms with Crippen molar-refractivity contribution in [1.82, 2.24) is 53.6 Å². The third-order valence-electron chi connectivity index (χ3n) is 29.2. The van der Waals surface area contributed by atoms with Gasteiger partial charge in [0, 0.05) is 77.6 Å². The molecule has 1 aliphatic rings. The molecule has 0 atom stereocenters. The predicted octanol–water partition coefficient (Wildman–Crippen LogP) is 33.4. The minimum Gasteiger partial charge on any atom is -0.278 e. The molecule has 0 unspecified atom stereocenters. The summed E-state index contributed by atoms with van der Waals surface area (Å²) < 4.78 is 6.70. The molecule has 0 saturated carbocycles. The van der Waals surface area contributed by atoms with Crippen molar-refractivity contribution in [2.45, 2.75) is 19.3 Å². The smallest absolute Gasteiger partial charge is 0.237 e. The molecule has 142 heavy (non-hydrogen) atoms. The molecule has 11 nitrogen and oxygen atoms in total. The average Bonchev–Trinajstić information content (AvgIpc) is 1.71. The highest BCUT2D eigenvalue weighted by Gasteiger charge is 2.36. The van der Waals surface area contributed by atoms with Gasteiger partial charge in [0.15, 0.2) is 5.65 Å². The molecule has 0 amide bonds. The van der Waals surface area contributed by atoms with Crippen LogP contribution in [0.3, 0.4) is 0 Å². The third kappa shape index (κ3) is 13.3. The highest BCUT2D eigenvalue weighted by Crippen LogP contribution is 2.52. The zero-order valence-corrected chi connectivity index (χ0v) is 77.4. The van der Waals surface area contributed by atoms with E-state index in [1.807, 2.05) is 12.1 Å². The fourth-order valence-corrected chi connectivity index (χ4v) is 22.4. The maximum absolute atomic E-state index is 5.35. The van der Waals surface area contributed by atoms with Crippen molar-refractivity contribution >= 4 is 174 Å². The summed E-state index contributed by atoms with van der Waals surface area (Å²) >= 11 is 0. The van der Waals surface area contributed by atoms with Crippen LogP contribution in [0.1, 0.15) is 25.0 Å². The number of nitrogens with zero attached hydrogens (tertiary/aromatic N) is 11. The van der Waals surface area contributed by atoms with E-state index in [0.29, 0.717) is 29.0 Å². The summed E-state index contributed by atoms with van der Waals surface area (Å²) in [7, 11) is 0. The van der Waals surface area contributed by atoms with Crippen LogP contribution in [0, 0.1) is 0 Å². The second kappa shape index (κ2) is 32.7. The molecule has 0 fully saturated rings. The Morgan fingerprint density at radius 1 is 0.190 bits per heavy atom. The first-order valence-corrected chi connectivity index (χ1v) is 48.3. The first kappa shape index (κ1) is 81.5. The zero-order chi connectivity index (χ0) is 93.8. The Labute approximate surface area is 815 Å². The van der Waals surface area contributed by atoms with E-state index in [-0.39, 0.29) is 5.41 Å². The van der Waals surface area contributed by atoms with Gasteiger partial charge < -0.3 is 0 Å². The summed E-state index contributed by atoms with van der Waals surface area (Å²) in [5.74, 6) is 1.90. The van der Waals surface area contributed by atoms with E-state index in [1.165, 1.54) is 142 Å². The Morgan fingerprint density at radius 3 is 1.18 bits per heavy atom. The van der Waals surface area contributed by atoms with E-state index >= 15 is 0 Å². The lowest BCUT2D eigenvalue weighted by Gasteiger charge is -2.22. The van der Waals surface area contributed by atoms with Gasteiger partial charge in [0.05, 0.1) is 55.5 Å². The predicted molar refractivity (Wildman–Crippen MR) is 590 cm³/mol. The summed E-state index contributed by atoms with van der Waals surface area (Å²) in [5.41, 5.74) is 27.8. The Balaban J connectivity index is 0.000000104. The van der Waals surface area contributed by atoms with Crippen LogP contribution in [-0.2, 0) is 5.41 Å². The minimum atomic E-state index is -0.0507. The van der Waals surface area contributed by atoms with Gasteiger partial charge in [-0.15, -0.1) is 0 Å². The van der Waals surface area contributed by atoms with E-state index < -0.39 is 0 Å². The Kier molecular flexibility index (Phi) is 18.8. The Hall–Kier alpha value is -18.8. The fraction of sp³-hybridized carbons (Fsp3) is 0.0229. The van der Waals surface area contributed by atoms with Crippen molar-refractivity contribution in [1.29, 1.82) is 0 Å². The highest BCUT2D eigenvalue weighted by atomic mass is 15.2. The van der Waals surface area contributed by atoms with E-state index in [1.54, 1.807) is 12.4 Å². The number of rotatable bonds is 9. The third-order valence-corrected chi connectivity index (χ3v) is 29.2. The van der Waals surface area contributed by atoms with Gasteiger partial charge in [0.1, 0.15) is 11.2 Å². The first-order valence-electron chi connectivity index (χ1n) is 48.3. The van der Waals surface area contributed by atoms with Crippen LogP contribution < -0.4 is 0 Å². The molecule has 662 valence electrons. The Morgan fingerprint density at radius 2 is 0.577 bits per heavy atom. The maximum atomic E-state index is 5.35. The molecule has 0 radical (unpaired) electrons. The largest absolute Gasteiger partial charge is 0.278 e. The monoisotopic (exact) mass is 1810 g/mol.